The van der Waals surface area contributed by atoms with Gasteiger partial charge in [-0.05, 0) is 81.8 Å². The second-order valence-electron chi connectivity index (χ2n) is 11.7. The van der Waals surface area contributed by atoms with Crippen LogP contribution in [0.2, 0.25) is 0 Å². The van der Waals surface area contributed by atoms with Crippen molar-refractivity contribution >= 4 is 41.8 Å². The lowest BCUT2D eigenvalue weighted by Gasteiger charge is -2.22. The summed E-state index contributed by atoms with van der Waals surface area (Å²) >= 11 is 0. The molecule has 44 heavy (non-hydrogen) atoms. The molecule has 0 aliphatic carbocycles. The highest BCUT2D eigenvalue weighted by atomic mass is 35.5. The third-order valence-electron chi connectivity index (χ3n) is 6.04. The molecule has 10 nitrogen and oxygen atoms in total. The van der Waals surface area contributed by atoms with E-state index in [4.69, 9.17) is 19.9 Å². The number of ether oxygens (including phenoxy) is 3. The molecule has 11 heteroatoms. The first-order chi connectivity index (χ1) is 20.2. The summed E-state index contributed by atoms with van der Waals surface area (Å²) in [5.41, 5.74) is 8.76. The van der Waals surface area contributed by atoms with Crippen molar-refractivity contribution in [2.75, 3.05) is 23.8 Å². The van der Waals surface area contributed by atoms with Crippen LogP contribution in [0.4, 0.5) is 16.2 Å². The summed E-state index contributed by atoms with van der Waals surface area (Å²) in [6.45, 7) is 18.6. The van der Waals surface area contributed by atoms with Gasteiger partial charge < -0.3 is 35.9 Å². The normalized spacial score (nSPS) is 12.1. The van der Waals surface area contributed by atoms with Gasteiger partial charge in [-0.1, -0.05) is 52.0 Å². The maximum absolute atomic E-state index is 12.0. The van der Waals surface area contributed by atoms with Crippen molar-refractivity contribution in [2.24, 2.45) is 17.6 Å². The molecule has 0 unspecified atom stereocenters. The molecule has 0 aliphatic heterocycles. The summed E-state index contributed by atoms with van der Waals surface area (Å²) in [5.74, 6) is -0.200. The van der Waals surface area contributed by atoms with Crippen LogP contribution >= 0.6 is 12.4 Å². The number of carbonyl (C=O) groups excluding carboxylic acids is 3. The third kappa shape index (κ3) is 15.8. The van der Waals surface area contributed by atoms with E-state index in [1.807, 2.05) is 104 Å². The van der Waals surface area contributed by atoms with Crippen molar-refractivity contribution in [3.8, 4) is 0 Å². The van der Waals surface area contributed by atoms with Crippen molar-refractivity contribution in [3.63, 3.8) is 0 Å². The van der Waals surface area contributed by atoms with E-state index >= 15 is 0 Å². The minimum Gasteiger partial charge on any atom is -0.464 e. The molecule has 1 amide bonds. The molecule has 5 N–H and O–H groups in total. The number of benzene rings is 2. The van der Waals surface area contributed by atoms with Crippen LogP contribution < -0.4 is 21.7 Å². The average molecular weight is 637 g/mol. The smallest absolute Gasteiger partial charge is 0.407 e. The zero-order valence-electron chi connectivity index (χ0n) is 27.7. The van der Waals surface area contributed by atoms with Gasteiger partial charge in [0.1, 0.15) is 17.7 Å². The molecule has 0 aliphatic rings. The van der Waals surface area contributed by atoms with Gasteiger partial charge in [0.25, 0.3) is 0 Å². The van der Waals surface area contributed by atoms with E-state index in [2.05, 4.69) is 16.0 Å². The lowest BCUT2D eigenvalue weighted by atomic mass is 10.0. The van der Waals surface area contributed by atoms with E-state index in [1.54, 1.807) is 6.92 Å². The summed E-state index contributed by atoms with van der Waals surface area (Å²) < 4.78 is 15.4. The fourth-order valence-corrected chi connectivity index (χ4v) is 3.76. The Balaban J connectivity index is 0.000000863. The largest absolute Gasteiger partial charge is 0.464 e. The monoisotopic (exact) mass is 636 g/mol. The van der Waals surface area contributed by atoms with Gasteiger partial charge in [-0.25, -0.2) is 14.4 Å². The highest BCUT2D eigenvalue weighted by Gasteiger charge is 2.24. The zero-order chi connectivity index (χ0) is 32.6. The first kappa shape index (κ1) is 40.5. The van der Waals surface area contributed by atoms with Gasteiger partial charge in [-0.2, -0.15) is 0 Å². The topological polar surface area (TPSA) is 141 Å². The van der Waals surface area contributed by atoms with Gasteiger partial charge in [0, 0.05) is 24.5 Å². The molecule has 2 aromatic rings. The number of esters is 2. The Bertz CT molecular complexity index is 1120. The lowest BCUT2D eigenvalue weighted by molar-refractivity contribution is -0.145. The van der Waals surface area contributed by atoms with E-state index in [0.29, 0.717) is 26.3 Å². The van der Waals surface area contributed by atoms with Crippen molar-refractivity contribution in [2.45, 2.75) is 93.1 Å². The minimum atomic E-state index is -0.517. The SMILES string of the molecule is CCOC(=O)[C@@H](Nc1ccc(CN)cc1)C(C)C.CCOC(=O)[C@@H](Nc1ccc(CNC(=O)OC(C)(C)C)cc1)C(C)C.Cl. The highest BCUT2D eigenvalue weighted by Crippen LogP contribution is 2.17. The molecule has 0 saturated carbocycles. The maximum atomic E-state index is 12.0. The molecule has 248 valence electrons. The van der Waals surface area contributed by atoms with Crippen molar-refractivity contribution < 1.29 is 28.6 Å². The minimum absolute atomic E-state index is 0. The van der Waals surface area contributed by atoms with Gasteiger partial charge in [0.05, 0.1) is 13.2 Å². The molecule has 0 bridgehead atoms. The molecule has 0 aromatic heterocycles. The van der Waals surface area contributed by atoms with Crippen LogP contribution in [0.3, 0.4) is 0 Å². The number of hydrogen-bond donors (Lipinski definition) is 4. The fourth-order valence-electron chi connectivity index (χ4n) is 3.76. The molecule has 0 heterocycles. The zero-order valence-corrected chi connectivity index (χ0v) is 28.5. The first-order valence-electron chi connectivity index (χ1n) is 14.9. The van der Waals surface area contributed by atoms with Gasteiger partial charge in [-0.3, -0.25) is 0 Å². The van der Waals surface area contributed by atoms with Gasteiger partial charge in [0.2, 0.25) is 0 Å². The van der Waals surface area contributed by atoms with E-state index in [-0.39, 0.29) is 42.2 Å². The second kappa shape index (κ2) is 20.5. The molecular formula is C33H53ClN4O6. The summed E-state index contributed by atoms with van der Waals surface area (Å²) in [7, 11) is 0. The number of hydrogen-bond acceptors (Lipinski definition) is 9. The number of halogens is 1. The Kier molecular flexibility index (Phi) is 18.8. The van der Waals surface area contributed by atoms with Gasteiger partial charge >= 0.3 is 18.0 Å². The Morgan fingerprint density at radius 3 is 1.43 bits per heavy atom. The van der Waals surface area contributed by atoms with Crippen LogP contribution in [0, 0.1) is 11.8 Å². The van der Waals surface area contributed by atoms with Crippen LogP contribution in [-0.4, -0.2) is 48.9 Å². The predicted octanol–water partition coefficient (Wildman–Crippen LogP) is 6.28. The number of anilines is 2. The van der Waals surface area contributed by atoms with Crippen LogP contribution in [0.1, 0.15) is 73.4 Å². The Hall–Kier alpha value is -3.50. The third-order valence-corrected chi connectivity index (χ3v) is 6.04. The van der Waals surface area contributed by atoms with E-state index in [9.17, 15) is 14.4 Å². The van der Waals surface area contributed by atoms with E-state index < -0.39 is 17.7 Å². The quantitative estimate of drug-likeness (QED) is 0.148. The van der Waals surface area contributed by atoms with E-state index in [0.717, 1.165) is 22.5 Å². The molecule has 0 spiro atoms. The summed E-state index contributed by atoms with van der Waals surface area (Å²) in [6, 6.07) is 14.6. The summed E-state index contributed by atoms with van der Waals surface area (Å²) in [6.07, 6.45) is -0.447. The number of nitrogens with two attached hydrogens (primary N) is 1. The van der Waals surface area contributed by atoms with E-state index in [1.165, 1.54) is 0 Å². The molecular weight excluding hydrogens is 584 g/mol. The number of alkyl carbamates (subject to hydrolysis) is 1. The molecule has 0 saturated heterocycles. The number of carbonyl (C=O) groups is 3. The van der Waals surface area contributed by atoms with Crippen LogP contribution in [0.25, 0.3) is 0 Å². The number of nitrogens with one attached hydrogen (secondary N) is 3. The fraction of sp³-hybridized carbons (Fsp3) is 0.545. The van der Waals surface area contributed by atoms with Crippen molar-refractivity contribution in [3.05, 3.63) is 59.7 Å². The van der Waals surface area contributed by atoms with Crippen LogP contribution in [0.15, 0.2) is 48.5 Å². The predicted molar refractivity (Wildman–Crippen MR) is 179 cm³/mol. The highest BCUT2D eigenvalue weighted by molar-refractivity contribution is 5.85. The Labute approximate surface area is 269 Å². The number of amides is 1. The maximum Gasteiger partial charge on any atom is 0.407 e. The van der Waals surface area contributed by atoms with Crippen LogP contribution in [0.5, 0.6) is 0 Å². The average Bonchev–Trinajstić information content (AvgIpc) is 2.93. The van der Waals surface area contributed by atoms with Gasteiger partial charge in [-0.15, -0.1) is 12.4 Å². The molecule has 2 aromatic carbocycles. The van der Waals surface area contributed by atoms with Gasteiger partial charge in [0.15, 0.2) is 0 Å². The molecule has 2 atom stereocenters. The molecule has 2 rings (SSSR count). The standard InChI is InChI=1S/C19H30N2O4.C14H22N2O2.ClH/c1-7-24-17(22)16(13(2)3)21-15-10-8-14(9-11-15)12-20-18(23)25-19(4,5)6;1-4-18-14(17)13(10(2)3)16-12-7-5-11(9-15)6-8-12;/h8-11,13,16,21H,7,12H2,1-6H3,(H,20,23);5-8,10,13,16H,4,9,15H2,1-3H3;1H/t16-;13-;/m00./s1. The lowest BCUT2D eigenvalue weighted by Crippen LogP contribution is -2.36. The first-order valence-corrected chi connectivity index (χ1v) is 14.9. The Morgan fingerprint density at radius 2 is 1.11 bits per heavy atom. The second-order valence-corrected chi connectivity index (χ2v) is 11.7. The molecule has 0 radical (unpaired) electrons. The van der Waals surface area contributed by atoms with Crippen LogP contribution in [-0.2, 0) is 36.9 Å². The summed E-state index contributed by atoms with van der Waals surface area (Å²) in [5, 5.41) is 9.11. The number of rotatable bonds is 13. The van der Waals surface area contributed by atoms with Crippen molar-refractivity contribution in [1.29, 1.82) is 0 Å². The molecule has 0 fully saturated rings. The Morgan fingerprint density at radius 1 is 0.727 bits per heavy atom. The van der Waals surface area contributed by atoms with Crippen molar-refractivity contribution in [1.82, 2.24) is 5.32 Å². The summed E-state index contributed by atoms with van der Waals surface area (Å²) in [4.78, 5) is 35.5.